The molecule has 2 N–H and O–H groups in total. The summed E-state index contributed by atoms with van der Waals surface area (Å²) in [6.45, 7) is 6.86. The van der Waals surface area contributed by atoms with E-state index < -0.39 is 0 Å². The Morgan fingerprint density at radius 1 is 1.59 bits per heavy atom. The molecule has 0 aliphatic carbocycles. The van der Waals surface area contributed by atoms with Crippen LogP contribution in [0.5, 0.6) is 0 Å². The molecule has 92 valence electrons. The van der Waals surface area contributed by atoms with Crippen molar-refractivity contribution in [2.75, 3.05) is 18.8 Å². The second-order valence-electron chi connectivity index (χ2n) is 3.74. The van der Waals surface area contributed by atoms with Gasteiger partial charge in [-0.25, -0.2) is 0 Å². The zero-order chi connectivity index (χ0) is 12.8. The Labute approximate surface area is 107 Å². The predicted octanol–water partition coefficient (Wildman–Crippen LogP) is 2.96. The van der Waals surface area contributed by atoms with Gasteiger partial charge in [-0.15, -0.1) is 6.58 Å². The molecule has 0 spiro atoms. The van der Waals surface area contributed by atoms with Crippen molar-refractivity contribution < 1.29 is 4.79 Å². The molecule has 0 aromatic heterocycles. The summed E-state index contributed by atoms with van der Waals surface area (Å²) < 4.78 is 0. The number of carbonyl (C=O) groups is 1. The highest BCUT2D eigenvalue weighted by atomic mass is 35.5. The fourth-order valence-corrected chi connectivity index (χ4v) is 1.77. The van der Waals surface area contributed by atoms with E-state index >= 15 is 0 Å². The first-order valence-corrected chi connectivity index (χ1v) is 5.93. The molecule has 1 aromatic rings. The minimum Gasteiger partial charge on any atom is -0.397 e. The number of anilines is 1. The molecule has 1 amide bonds. The Morgan fingerprint density at radius 2 is 2.29 bits per heavy atom. The summed E-state index contributed by atoms with van der Waals surface area (Å²) in [5.41, 5.74) is 6.60. The van der Waals surface area contributed by atoms with Crippen LogP contribution >= 0.6 is 11.6 Å². The average Bonchev–Trinajstić information content (AvgIpc) is 2.31. The molecule has 0 unspecified atom stereocenters. The summed E-state index contributed by atoms with van der Waals surface area (Å²) >= 11 is 5.90. The van der Waals surface area contributed by atoms with Crippen LogP contribution in [0.25, 0.3) is 0 Å². The Hall–Kier alpha value is -1.48. The number of carbonyl (C=O) groups excluding carboxylic acids is 1. The molecule has 0 heterocycles. The van der Waals surface area contributed by atoms with Gasteiger partial charge in [-0.3, -0.25) is 4.79 Å². The highest BCUT2D eigenvalue weighted by Gasteiger charge is 2.17. The molecule has 0 bridgehead atoms. The topological polar surface area (TPSA) is 46.3 Å². The molecule has 1 aromatic carbocycles. The van der Waals surface area contributed by atoms with Crippen molar-refractivity contribution in [3.8, 4) is 0 Å². The van der Waals surface area contributed by atoms with E-state index in [1.165, 1.54) is 0 Å². The maximum atomic E-state index is 12.2. The number of nitrogens with zero attached hydrogens (tertiary/aromatic N) is 1. The standard InChI is InChI=1S/C13H17ClN2O/c1-3-8-16(9-4-2)13(17)10-6-5-7-11(14)12(10)15/h3,5-7H,1,4,8-9,15H2,2H3. The minimum absolute atomic E-state index is 0.105. The van der Waals surface area contributed by atoms with E-state index in [9.17, 15) is 4.79 Å². The van der Waals surface area contributed by atoms with Crippen LogP contribution in [0, 0.1) is 0 Å². The summed E-state index contributed by atoms with van der Waals surface area (Å²) in [5, 5.41) is 0.408. The van der Waals surface area contributed by atoms with Crippen molar-refractivity contribution >= 4 is 23.2 Å². The van der Waals surface area contributed by atoms with Crippen LogP contribution in [0.15, 0.2) is 30.9 Å². The number of hydrogen-bond acceptors (Lipinski definition) is 2. The third-order valence-corrected chi connectivity index (χ3v) is 2.74. The number of rotatable bonds is 5. The second-order valence-corrected chi connectivity index (χ2v) is 4.15. The zero-order valence-corrected chi connectivity index (χ0v) is 10.7. The lowest BCUT2D eigenvalue weighted by Crippen LogP contribution is -2.32. The quantitative estimate of drug-likeness (QED) is 0.647. The van der Waals surface area contributed by atoms with Crippen molar-refractivity contribution in [1.29, 1.82) is 0 Å². The molecule has 0 radical (unpaired) electrons. The Balaban J connectivity index is 3.00. The molecular formula is C13H17ClN2O. The molecule has 4 heteroatoms. The molecule has 0 atom stereocenters. The molecule has 0 saturated carbocycles. The van der Waals surface area contributed by atoms with Gasteiger partial charge < -0.3 is 10.6 Å². The molecule has 17 heavy (non-hydrogen) atoms. The largest absolute Gasteiger partial charge is 0.397 e. The Bertz CT molecular complexity index is 418. The second kappa shape index (κ2) is 6.30. The number of hydrogen-bond donors (Lipinski definition) is 1. The molecule has 1 rings (SSSR count). The summed E-state index contributed by atoms with van der Waals surface area (Å²) in [6.07, 6.45) is 2.59. The van der Waals surface area contributed by atoms with Crippen LogP contribution < -0.4 is 5.73 Å². The smallest absolute Gasteiger partial charge is 0.256 e. The third-order valence-electron chi connectivity index (χ3n) is 2.41. The van der Waals surface area contributed by atoms with E-state index in [1.54, 1.807) is 29.2 Å². The van der Waals surface area contributed by atoms with Crippen LogP contribution in [0.4, 0.5) is 5.69 Å². The maximum absolute atomic E-state index is 12.2. The van der Waals surface area contributed by atoms with Crippen molar-refractivity contribution in [2.24, 2.45) is 0 Å². The monoisotopic (exact) mass is 252 g/mol. The van der Waals surface area contributed by atoms with Crippen LogP contribution in [0.1, 0.15) is 23.7 Å². The number of nitrogen functional groups attached to an aromatic ring is 1. The van der Waals surface area contributed by atoms with Gasteiger partial charge in [0, 0.05) is 13.1 Å². The van der Waals surface area contributed by atoms with E-state index in [4.69, 9.17) is 17.3 Å². The summed E-state index contributed by atoms with van der Waals surface area (Å²) in [5.74, 6) is -0.105. The molecular weight excluding hydrogens is 236 g/mol. The normalized spacial score (nSPS) is 10.0. The molecule has 0 aliphatic heterocycles. The van der Waals surface area contributed by atoms with Gasteiger partial charge in [0.2, 0.25) is 0 Å². The number of halogens is 1. The number of nitrogens with two attached hydrogens (primary N) is 1. The number of benzene rings is 1. The molecule has 0 fully saturated rings. The fraction of sp³-hybridized carbons (Fsp3) is 0.308. The van der Waals surface area contributed by atoms with E-state index in [-0.39, 0.29) is 5.91 Å². The number of amides is 1. The highest BCUT2D eigenvalue weighted by Crippen LogP contribution is 2.23. The number of para-hydroxylation sites is 1. The summed E-state index contributed by atoms with van der Waals surface area (Å²) in [6, 6.07) is 5.09. The van der Waals surface area contributed by atoms with Crippen molar-refractivity contribution in [1.82, 2.24) is 4.90 Å². The van der Waals surface area contributed by atoms with E-state index in [2.05, 4.69) is 6.58 Å². The van der Waals surface area contributed by atoms with E-state index in [0.717, 1.165) is 6.42 Å². The van der Waals surface area contributed by atoms with Crippen molar-refractivity contribution in [2.45, 2.75) is 13.3 Å². The van der Waals surface area contributed by atoms with Gasteiger partial charge in [0.1, 0.15) is 0 Å². The first kappa shape index (κ1) is 13.6. The molecule has 0 saturated heterocycles. The van der Waals surface area contributed by atoms with Crippen molar-refractivity contribution in [3.63, 3.8) is 0 Å². The lowest BCUT2D eigenvalue weighted by Gasteiger charge is -2.21. The van der Waals surface area contributed by atoms with Crippen molar-refractivity contribution in [3.05, 3.63) is 41.4 Å². The lowest BCUT2D eigenvalue weighted by atomic mass is 10.1. The Kier molecular flexibility index (Phi) is 5.04. The van der Waals surface area contributed by atoms with Crippen LogP contribution in [-0.4, -0.2) is 23.9 Å². The van der Waals surface area contributed by atoms with Gasteiger partial charge in [-0.1, -0.05) is 30.7 Å². The van der Waals surface area contributed by atoms with Gasteiger partial charge in [0.25, 0.3) is 5.91 Å². The predicted molar refractivity (Wildman–Crippen MR) is 72.3 cm³/mol. The van der Waals surface area contributed by atoms with Crippen LogP contribution in [-0.2, 0) is 0 Å². The third kappa shape index (κ3) is 3.24. The van der Waals surface area contributed by atoms with Gasteiger partial charge in [-0.05, 0) is 18.6 Å². The zero-order valence-electron chi connectivity index (χ0n) is 9.95. The molecule has 0 aliphatic rings. The Morgan fingerprint density at radius 3 is 2.88 bits per heavy atom. The minimum atomic E-state index is -0.105. The van der Waals surface area contributed by atoms with E-state index in [1.807, 2.05) is 6.92 Å². The highest BCUT2D eigenvalue weighted by molar-refractivity contribution is 6.33. The first-order chi connectivity index (χ1) is 8.11. The lowest BCUT2D eigenvalue weighted by molar-refractivity contribution is 0.0775. The maximum Gasteiger partial charge on any atom is 0.256 e. The van der Waals surface area contributed by atoms with Crippen LogP contribution in [0.2, 0.25) is 5.02 Å². The van der Waals surface area contributed by atoms with E-state index in [0.29, 0.717) is 29.4 Å². The van der Waals surface area contributed by atoms with Gasteiger partial charge in [-0.2, -0.15) is 0 Å². The average molecular weight is 253 g/mol. The summed E-state index contributed by atoms with van der Waals surface area (Å²) in [7, 11) is 0. The fourth-order valence-electron chi connectivity index (χ4n) is 1.60. The summed E-state index contributed by atoms with van der Waals surface area (Å²) in [4.78, 5) is 13.9. The van der Waals surface area contributed by atoms with Gasteiger partial charge in [0.15, 0.2) is 0 Å². The SMILES string of the molecule is C=CCN(CCC)C(=O)c1cccc(Cl)c1N. The molecule has 3 nitrogen and oxygen atoms in total. The van der Waals surface area contributed by atoms with Crippen LogP contribution in [0.3, 0.4) is 0 Å². The first-order valence-electron chi connectivity index (χ1n) is 5.56. The van der Waals surface area contributed by atoms with Gasteiger partial charge >= 0.3 is 0 Å². The van der Waals surface area contributed by atoms with Gasteiger partial charge in [0.05, 0.1) is 16.3 Å².